The van der Waals surface area contributed by atoms with Crippen LogP contribution in [0.1, 0.15) is 52.5 Å². The predicted molar refractivity (Wildman–Crippen MR) is 81.3 cm³/mol. The maximum absolute atomic E-state index is 12.0. The van der Waals surface area contributed by atoms with Crippen LogP contribution in [-0.4, -0.2) is 25.4 Å². The molecule has 21 heavy (non-hydrogen) atoms. The molecular formula is C14H21N5O2. The van der Waals surface area contributed by atoms with Crippen LogP contribution in [-0.2, 0) is 4.79 Å². The van der Waals surface area contributed by atoms with Crippen molar-refractivity contribution in [2.24, 2.45) is 0 Å². The molecule has 7 heteroatoms. The van der Waals surface area contributed by atoms with Crippen molar-refractivity contribution in [2.75, 3.05) is 5.32 Å². The maximum Gasteiger partial charge on any atom is 0.280 e. The molecule has 0 aromatic carbocycles. The van der Waals surface area contributed by atoms with Crippen molar-refractivity contribution >= 4 is 23.0 Å². The van der Waals surface area contributed by atoms with Gasteiger partial charge in [-0.3, -0.25) is 19.9 Å². The Morgan fingerprint density at radius 2 is 2.05 bits per heavy atom. The summed E-state index contributed by atoms with van der Waals surface area (Å²) in [7, 11) is 0. The van der Waals surface area contributed by atoms with Gasteiger partial charge < -0.3 is 4.57 Å². The molecule has 7 nitrogen and oxygen atoms in total. The standard InChI is InChI=1S/C14H21N5O2/c1-4-6-10(7-5-2)19-8-15-11-12(19)17-14(16-9(3)20)18-13(11)21/h8,10H,4-7H2,1-3H3,(H2,16,17,18,20,21). The molecule has 2 rings (SSSR count). The first-order chi connectivity index (χ1) is 10.1. The summed E-state index contributed by atoms with van der Waals surface area (Å²) in [6.07, 6.45) is 5.77. The first-order valence-electron chi connectivity index (χ1n) is 7.31. The molecule has 114 valence electrons. The number of imidazole rings is 1. The summed E-state index contributed by atoms with van der Waals surface area (Å²) in [6.45, 7) is 5.63. The Morgan fingerprint density at radius 3 is 2.62 bits per heavy atom. The fourth-order valence-electron chi connectivity index (χ4n) is 2.51. The average molecular weight is 291 g/mol. The van der Waals surface area contributed by atoms with Gasteiger partial charge in [0, 0.05) is 13.0 Å². The van der Waals surface area contributed by atoms with Crippen LogP contribution in [0.4, 0.5) is 5.95 Å². The van der Waals surface area contributed by atoms with E-state index in [2.05, 4.69) is 34.1 Å². The molecule has 0 atom stereocenters. The summed E-state index contributed by atoms with van der Waals surface area (Å²) >= 11 is 0. The van der Waals surface area contributed by atoms with E-state index in [0.717, 1.165) is 25.7 Å². The van der Waals surface area contributed by atoms with Crippen molar-refractivity contribution in [1.29, 1.82) is 0 Å². The lowest BCUT2D eigenvalue weighted by Crippen LogP contribution is -2.17. The fourth-order valence-corrected chi connectivity index (χ4v) is 2.51. The minimum Gasteiger partial charge on any atom is -0.312 e. The quantitative estimate of drug-likeness (QED) is 0.853. The number of carbonyl (C=O) groups is 1. The number of nitrogens with one attached hydrogen (secondary N) is 2. The van der Waals surface area contributed by atoms with Crippen LogP contribution in [0.25, 0.3) is 11.2 Å². The van der Waals surface area contributed by atoms with Gasteiger partial charge in [0.05, 0.1) is 6.33 Å². The SMILES string of the molecule is CCCC(CCC)n1cnc2c(=O)[nH]c(NC(C)=O)nc21. The third-order valence-electron chi connectivity index (χ3n) is 3.36. The summed E-state index contributed by atoms with van der Waals surface area (Å²) in [5, 5.41) is 2.51. The van der Waals surface area contributed by atoms with E-state index in [-0.39, 0.29) is 23.5 Å². The van der Waals surface area contributed by atoms with E-state index < -0.39 is 0 Å². The second-order valence-corrected chi connectivity index (χ2v) is 5.15. The zero-order chi connectivity index (χ0) is 15.4. The van der Waals surface area contributed by atoms with Crippen LogP contribution < -0.4 is 10.9 Å². The van der Waals surface area contributed by atoms with Crippen LogP contribution in [0.3, 0.4) is 0 Å². The van der Waals surface area contributed by atoms with Crippen molar-refractivity contribution in [3.63, 3.8) is 0 Å². The Morgan fingerprint density at radius 1 is 1.38 bits per heavy atom. The molecule has 0 aliphatic heterocycles. The highest BCUT2D eigenvalue weighted by molar-refractivity contribution is 5.87. The molecule has 2 aromatic heterocycles. The molecular weight excluding hydrogens is 270 g/mol. The first-order valence-corrected chi connectivity index (χ1v) is 7.31. The fraction of sp³-hybridized carbons (Fsp3) is 0.571. The summed E-state index contributed by atoms with van der Waals surface area (Å²) in [5.74, 6) is -0.115. The van der Waals surface area contributed by atoms with Gasteiger partial charge in [-0.15, -0.1) is 0 Å². The minimum absolute atomic E-state index is 0.161. The Labute approximate surface area is 122 Å². The first kappa shape index (κ1) is 15.2. The van der Waals surface area contributed by atoms with Crippen LogP contribution >= 0.6 is 0 Å². The van der Waals surface area contributed by atoms with Gasteiger partial charge in [0.15, 0.2) is 11.2 Å². The smallest absolute Gasteiger partial charge is 0.280 e. The van der Waals surface area contributed by atoms with Gasteiger partial charge in [-0.2, -0.15) is 4.98 Å². The largest absolute Gasteiger partial charge is 0.312 e. The summed E-state index contributed by atoms with van der Waals surface area (Å²) in [6, 6.07) is 0.268. The van der Waals surface area contributed by atoms with Crippen molar-refractivity contribution in [3.05, 3.63) is 16.7 Å². The Hall–Kier alpha value is -2.18. The Balaban J connectivity index is 2.51. The van der Waals surface area contributed by atoms with Crippen molar-refractivity contribution in [2.45, 2.75) is 52.5 Å². The van der Waals surface area contributed by atoms with E-state index in [4.69, 9.17) is 0 Å². The number of carbonyl (C=O) groups excluding carboxylic acids is 1. The zero-order valence-corrected chi connectivity index (χ0v) is 12.6. The summed E-state index contributed by atoms with van der Waals surface area (Å²) in [5.41, 5.74) is 0.491. The molecule has 0 fully saturated rings. The highest BCUT2D eigenvalue weighted by atomic mass is 16.1. The lowest BCUT2D eigenvalue weighted by atomic mass is 10.1. The molecule has 1 amide bonds. The number of aromatic nitrogens is 4. The van der Waals surface area contributed by atoms with Gasteiger partial charge in [0.25, 0.3) is 5.56 Å². The van der Waals surface area contributed by atoms with Gasteiger partial charge in [-0.1, -0.05) is 26.7 Å². The number of aromatic amines is 1. The highest BCUT2D eigenvalue weighted by Crippen LogP contribution is 2.23. The van der Waals surface area contributed by atoms with Crippen molar-refractivity contribution in [3.8, 4) is 0 Å². The average Bonchev–Trinajstić information content (AvgIpc) is 2.82. The molecule has 0 unspecified atom stereocenters. The minimum atomic E-state index is -0.339. The van der Waals surface area contributed by atoms with E-state index in [1.807, 2.05) is 4.57 Å². The van der Waals surface area contributed by atoms with Crippen LogP contribution in [0.2, 0.25) is 0 Å². The number of hydrogen-bond donors (Lipinski definition) is 2. The van der Waals surface area contributed by atoms with Crippen LogP contribution in [0, 0.1) is 0 Å². The van der Waals surface area contributed by atoms with Crippen molar-refractivity contribution < 1.29 is 4.79 Å². The van der Waals surface area contributed by atoms with Gasteiger partial charge in [0.2, 0.25) is 11.9 Å². The van der Waals surface area contributed by atoms with Crippen LogP contribution in [0.5, 0.6) is 0 Å². The number of rotatable bonds is 6. The van der Waals surface area contributed by atoms with Crippen LogP contribution in [0.15, 0.2) is 11.1 Å². The number of H-pyrrole nitrogens is 1. The highest BCUT2D eigenvalue weighted by Gasteiger charge is 2.16. The second kappa shape index (κ2) is 6.51. The van der Waals surface area contributed by atoms with E-state index in [1.165, 1.54) is 6.92 Å². The molecule has 2 N–H and O–H groups in total. The Kier molecular flexibility index (Phi) is 4.72. The molecule has 0 aliphatic rings. The number of anilines is 1. The molecule has 0 radical (unpaired) electrons. The zero-order valence-electron chi connectivity index (χ0n) is 12.6. The predicted octanol–water partition coefficient (Wildman–Crippen LogP) is 2.22. The van der Waals surface area contributed by atoms with Gasteiger partial charge >= 0.3 is 0 Å². The van der Waals surface area contributed by atoms with Crippen molar-refractivity contribution in [1.82, 2.24) is 19.5 Å². The molecule has 0 saturated carbocycles. The van der Waals surface area contributed by atoms with Gasteiger partial charge in [-0.25, -0.2) is 4.98 Å². The van der Waals surface area contributed by atoms with E-state index >= 15 is 0 Å². The monoisotopic (exact) mass is 291 g/mol. The number of nitrogens with zero attached hydrogens (tertiary/aromatic N) is 3. The topological polar surface area (TPSA) is 92.7 Å². The molecule has 0 bridgehead atoms. The molecule has 0 spiro atoms. The summed E-state index contributed by atoms with van der Waals surface area (Å²) in [4.78, 5) is 34.2. The maximum atomic E-state index is 12.0. The van der Waals surface area contributed by atoms with E-state index in [9.17, 15) is 9.59 Å². The molecule has 0 aliphatic carbocycles. The molecule has 0 saturated heterocycles. The van der Waals surface area contributed by atoms with Gasteiger partial charge in [0.1, 0.15) is 0 Å². The number of hydrogen-bond acceptors (Lipinski definition) is 4. The van der Waals surface area contributed by atoms with E-state index in [0.29, 0.717) is 11.2 Å². The normalized spacial score (nSPS) is 11.2. The second-order valence-electron chi connectivity index (χ2n) is 5.15. The lowest BCUT2D eigenvalue weighted by molar-refractivity contribution is -0.114. The number of fused-ring (bicyclic) bond motifs is 1. The third kappa shape index (κ3) is 3.29. The van der Waals surface area contributed by atoms with Gasteiger partial charge in [-0.05, 0) is 12.8 Å². The Bertz CT molecular complexity index is 682. The number of amides is 1. The summed E-state index contributed by atoms with van der Waals surface area (Å²) < 4.78 is 1.95. The molecule has 2 heterocycles. The van der Waals surface area contributed by atoms with E-state index in [1.54, 1.807) is 6.33 Å². The third-order valence-corrected chi connectivity index (χ3v) is 3.36. The lowest BCUT2D eigenvalue weighted by Gasteiger charge is -2.17. The molecule has 2 aromatic rings.